The van der Waals surface area contributed by atoms with E-state index in [2.05, 4.69) is 4.74 Å². The molecule has 0 aromatic rings. The Balaban J connectivity index is 2.75. The van der Waals surface area contributed by atoms with E-state index in [1.165, 1.54) is 0 Å². The Hall–Kier alpha value is -1.32. The molecule has 11 heavy (non-hydrogen) atoms. The van der Waals surface area contributed by atoms with Crippen LogP contribution in [0.2, 0.25) is 0 Å². The second kappa shape index (κ2) is 2.74. The molecule has 0 saturated carbocycles. The lowest BCUT2D eigenvalue weighted by Gasteiger charge is -2.03. The molecular weight excluding hydrogens is 146 g/mol. The van der Waals surface area contributed by atoms with Gasteiger partial charge in [-0.25, -0.2) is 4.79 Å². The van der Waals surface area contributed by atoms with Crippen LogP contribution in [0.4, 0.5) is 0 Å². The quantitative estimate of drug-likeness (QED) is 0.301. The van der Waals surface area contributed by atoms with Crippen molar-refractivity contribution in [3.8, 4) is 0 Å². The van der Waals surface area contributed by atoms with Gasteiger partial charge in [0, 0.05) is 20.3 Å². The van der Waals surface area contributed by atoms with Gasteiger partial charge in [0.25, 0.3) is 0 Å². The highest BCUT2D eigenvalue weighted by atomic mass is 16.6. The van der Waals surface area contributed by atoms with Crippen molar-refractivity contribution in [2.24, 2.45) is 0 Å². The van der Waals surface area contributed by atoms with Crippen molar-refractivity contribution in [2.45, 2.75) is 6.42 Å². The number of ether oxygens (including phenoxy) is 1. The van der Waals surface area contributed by atoms with Crippen LogP contribution in [0.3, 0.4) is 0 Å². The molecule has 4 nitrogen and oxygen atoms in total. The summed E-state index contributed by atoms with van der Waals surface area (Å²) in [5, 5.41) is 0. The first-order valence-electron chi connectivity index (χ1n) is 3.21. The summed E-state index contributed by atoms with van der Waals surface area (Å²) in [5.41, 5.74) is 0.417. The lowest BCUT2D eigenvalue weighted by atomic mass is 10.2. The molecule has 1 aliphatic rings. The van der Waals surface area contributed by atoms with Crippen molar-refractivity contribution in [3.05, 3.63) is 11.8 Å². The normalized spacial score (nSPS) is 20.7. The minimum atomic E-state index is -0.524. The predicted octanol–water partition coefficient (Wildman–Crippen LogP) is -0.0946. The van der Waals surface area contributed by atoms with Crippen molar-refractivity contribution in [2.75, 3.05) is 14.1 Å². The monoisotopic (exact) mass is 155 g/mol. The van der Waals surface area contributed by atoms with E-state index < -0.39 is 11.9 Å². The number of rotatable bonds is 1. The molecule has 1 fully saturated rings. The molecule has 0 N–H and O–H groups in total. The van der Waals surface area contributed by atoms with Crippen LogP contribution in [0.1, 0.15) is 6.42 Å². The molecule has 4 heteroatoms. The molecule has 60 valence electrons. The Labute approximate surface area is 64.4 Å². The SMILES string of the molecule is CN(C)/C=C1\CC(=O)OC1=O. The largest absolute Gasteiger partial charge is 0.389 e. The van der Waals surface area contributed by atoms with E-state index >= 15 is 0 Å². The van der Waals surface area contributed by atoms with Crippen molar-refractivity contribution < 1.29 is 14.3 Å². The Kier molecular flexibility index (Phi) is 1.94. The number of nitrogens with zero attached hydrogens (tertiary/aromatic N) is 1. The Morgan fingerprint density at radius 3 is 2.45 bits per heavy atom. The third kappa shape index (κ3) is 1.80. The average Bonchev–Trinajstić information content (AvgIpc) is 2.09. The van der Waals surface area contributed by atoms with Gasteiger partial charge in [-0.2, -0.15) is 0 Å². The molecule has 0 spiro atoms. The maximum atomic E-state index is 10.8. The fourth-order valence-corrected chi connectivity index (χ4v) is 0.843. The van der Waals surface area contributed by atoms with Gasteiger partial charge in [-0.15, -0.1) is 0 Å². The van der Waals surface area contributed by atoms with Gasteiger partial charge in [0.1, 0.15) is 0 Å². The van der Waals surface area contributed by atoms with E-state index in [1.54, 1.807) is 25.2 Å². The van der Waals surface area contributed by atoms with E-state index in [0.717, 1.165) is 0 Å². The number of esters is 2. The van der Waals surface area contributed by atoms with Gasteiger partial charge in [-0.1, -0.05) is 0 Å². The zero-order chi connectivity index (χ0) is 8.43. The molecule has 0 unspecified atom stereocenters. The summed E-state index contributed by atoms with van der Waals surface area (Å²) in [6.45, 7) is 0. The number of carbonyl (C=O) groups is 2. The zero-order valence-corrected chi connectivity index (χ0v) is 6.46. The fraction of sp³-hybridized carbons (Fsp3) is 0.429. The van der Waals surface area contributed by atoms with Crippen LogP contribution < -0.4 is 0 Å². The molecule has 0 amide bonds. The number of cyclic esters (lactones) is 2. The minimum Gasteiger partial charge on any atom is -0.389 e. The van der Waals surface area contributed by atoms with Gasteiger partial charge in [0.15, 0.2) is 0 Å². The van der Waals surface area contributed by atoms with Crippen LogP contribution in [0.25, 0.3) is 0 Å². The lowest BCUT2D eigenvalue weighted by Crippen LogP contribution is -2.05. The molecule has 0 aromatic heterocycles. The van der Waals surface area contributed by atoms with Crippen LogP contribution in [0.5, 0.6) is 0 Å². The number of carbonyl (C=O) groups excluding carboxylic acids is 2. The Morgan fingerprint density at radius 2 is 2.09 bits per heavy atom. The molecule has 1 rings (SSSR count). The molecular formula is C7H9NO3. The molecule has 0 radical (unpaired) electrons. The van der Waals surface area contributed by atoms with Gasteiger partial charge in [0.2, 0.25) is 0 Å². The summed E-state index contributed by atoms with van der Waals surface area (Å²) < 4.78 is 4.30. The maximum absolute atomic E-state index is 10.8. The van der Waals surface area contributed by atoms with E-state index in [0.29, 0.717) is 5.57 Å². The summed E-state index contributed by atoms with van der Waals surface area (Å²) in [6.07, 6.45) is 1.68. The van der Waals surface area contributed by atoms with Crippen LogP contribution >= 0.6 is 0 Å². The molecule has 1 saturated heterocycles. The summed E-state index contributed by atoms with van der Waals surface area (Å²) in [5.74, 6) is -0.994. The summed E-state index contributed by atoms with van der Waals surface area (Å²) >= 11 is 0. The molecule has 0 aromatic carbocycles. The Morgan fingerprint density at radius 1 is 1.45 bits per heavy atom. The predicted molar refractivity (Wildman–Crippen MR) is 37.5 cm³/mol. The highest BCUT2D eigenvalue weighted by Crippen LogP contribution is 2.14. The van der Waals surface area contributed by atoms with Gasteiger partial charge in [0.05, 0.1) is 12.0 Å². The van der Waals surface area contributed by atoms with Crippen molar-refractivity contribution in [1.29, 1.82) is 0 Å². The number of hydrogen-bond acceptors (Lipinski definition) is 4. The van der Waals surface area contributed by atoms with Crippen LogP contribution in [0, 0.1) is 0 Å². The fourth-order valence-electron chi connectivity index (χ4n) is 0.843. The first-order valence-corrected chi connectivity index (χ1v) is 3.21. The second-order valence-electron chi connectivity index (χ2n) is 2.56. The highest BCUT2D eigenvalue weighted by Gasteiger charge is 2.26. The lowest BCUT2D eigenvalue weighted by molar-refractivity contribution is -0.151. The molecule has 0 aliphatic carbocycles. The standard InChI is InChI=1S/C7H9NO3/c1-8(2)4-5-3-6(9)11-7(5)10/h4H,3H2,1-2H3/b5-4+. The molecule has 0 bridgehead atoms. The third-order valence-corrected chi connectivity index (χ3v) is 1.22. The van der Waals surface area contributed by atoms with E-state index in [9.17, 15) is 9.59 Å². The first-order chi connectivity index (χ1) is 5.09. The molecule has 1 heterocycles. The van der Waals surface area contributed by atoms with E-state index in [-0.39, 0.29) is 6.42 Å². The van der Waals surface area contributed by atoms with Gasteiger partial charge in [-0.05, 0) is 0 Å². The van der Waals surface area contributed by atoms with Gasteiger partial charge in [-0.3, -0.25) is 4.79 Å². The van der Waals surface area contributed by atoms with Crippen molar-refractivity contribution >= 4 is 11.9 Å². The minimum absolute atomic E-state index is 0.0943. The highest BCUT2D eigenvalue weighted by molar-refractivity contribution is 6.05. The van der Waals surface area contributed by atoms with E-state index in [4.69, 9.17) is 0 Å². The van der Waals surface area contributed by atoms with E-state index in [1.807, 2.05) is 0 Å². The van der Waals surface area contributed by atoms with Crippen LogP contribution in [0.15, 0.2) is 11.8 Å². The maximum Gasteiger partial charge on any atom is 0.343 e. The summed E-state index contributed by atoms with van der Waals surface area (Å²) in [6, 6.07) is 0. The van der Waals surface area contributed by atoms with Crippen LogP contribution in [-0.4, -0.2) is 30.9 Å². The van der Waals surface area contributed by atoms with Gasteiger partial charge < -0.3 is 9.64 Å². The molecule has 0 atom stereocenters. The Bertz CT molecular complexity index is 230. The zero-order valence-electron chi connectivity index (χ0n) is 6.46. The topological polar surface area (TPSA) is 46.6 Å². The van der Waals surface area contributed by atoms with Crippen molar-refractivity contribution in [1.82, 2.24) is 4.90 Å². The third-order valence-electron chi connectivity index (χ3n) is 1.22. The van der Waals surface area contributed by atoms with Crippen molar-refractivity contribution in [3.63, 3.8) is 0 Å². The molecule has 1 aliphatic heterocycles. The smallest absolute Gasteiger partial charge is 0.343 e. The second-order valence-corrected chi connectivity index (χ2v) is 2.56. The summed E-state index contributed by atoms with van der Waals surface area (Å²) in [4.78, 5) is 23.0. The number of hydrogen-bond donors (Lipinski definition) is 0. The van der Waals surface area contributed by atoms with Crippen LogP contribution in [-0.2, 0) is 14.3 Å². The first kappa shape index (κ1) is 7.78. The average molecular weight is 155 g/mol. The summed E-state index contributed by atoms with van der Waals surface area (Å²) in [7, 11) is 3.56. The van der Waals surface area contributed by atoms with Gasteiger partial charge >= 0.3 is 11.9 Å².